The van der Waals surface area contributed by atoms with E-state index in [0.717, 1.165) is 29.2 Å². The van der Waals surface area contributed by atoms with Crippen LogP contribution in [0.3, 0.4) is 0 Å². The Morgan fingerprint density at radius 2 is 1.54 bits per heavy atom. The van der Waals surface area contributed by atoms with Crippen LogP contribution in [0.2, 0.25) is 18.6 Å². The molecule has 5 unspecified atom stereocenters. The quantitative estimate of drug-likeness (QED) is 0.311. The molecular weight excluding hydrogens is 435 g/mol. The molecule has 0 nitrogen and oxygen atoms in total. The number of allylic oxidation sites excluding steroid dienone is 4. The molecule has 0 bridgehead atoms. The third-order valence-corrected chi connectivity index (χ3v) is 10.8. The Balaban J connectivity index is 0.00000156. The van der Waals surface area contributed by atoms with Crippen molar-refractivity contribution in [2.24, 2.45) is 23.7 Å². The molecule has 0 heterocycles. The topological polar surface area (TPSA) is 0 Å². The fraction of sp³-hybridized carbons (Fsp3) is 0.476. The molecule has 0 N–H and O–H groups in total. The molecule has 2 fully saturated rings. The van der Waals surface area contributed by atoms with Gasteiger partial charge in [0.2, 0.25) is 0 Å². The van der Waals surface area contributed by atoms with Gasteiger partial charge in [0.15, 0.2) is 0 Å². The van der Waals surface area contributed by atoms with Crippen LogP contribution in [0.5, 0.6) is 0 Å². The predicted molar refractivity (Wildman–Crippen MR) is 97.7 cm³/mol. The first kappa shape index (κ1) is 26.5. The zero-order valence-corrected chi connectivity index (χ0v) is 20.2. The number of benzene rings is 1. The Morgan fingerprint density at radius 1 is 0.923 bits per heavy atom. The standard InChI is InChI=1S/C21H27Si.3ClH.Ti/c1-22(2,16-10-4-3-5-11-16)21-19-14-8-6-12-17(19)18-13-7-9-15-20(18)21;;;;/h3-6,8,10-12,14-15,17-21H,7,9,13H2,1-2H3;3*1H;/q-1;;;;+4/p-3. The summed E-state index contributed by atoms with van der Waals surface area (Å²) >= 11 is 0. The molecule has 2 saturated carbocycles. The SMILES string of the molecule is C[Si](C)(c1ccccc1)C1C2C=CC=CC2C2CCC[CH-]C21.[Cl-].[Cl-].[Cl-].[Ti+4]. The van der Waals surface area contributed by atoms with Crippen LogP contribution in [-0.2, 0) is 21.7 Å². The molecule has 0 amide bonds. The normalized spacial score (nSPS) is 31.2. The van der Waals surface area contributed by atoms with Gasteiger partial charge in [-0.2, -0.15) is 12.3 Å². The van der Waals surface area contributed by atoms with Gasteiger partial charge in [0.1, 0.15) is 0 Å². The molecule has 1 aromatic rings. The van der Waals surface area contributed by atoms with E-state index in [1.165, 1.54) is 19.3 Å². The van der Waals surface area contributed by atoms with Crippen LogP contribution in [0.25, 0.3) is 0 Å². The van der Waals surface area contributed by atoms with Crippen molar-refractivity contribution in [3.63, 3.8) is 0 Å². The number of hydrogen-bond donors (Lipinski definition) is 0. The molecule has 5 heteroatoms. The van der Waals surface area contributed by atoms with Gasteiger partial charge < -0.3 is 43.6 Å². The number of rotatable bonds is 2. The molecule has 5 atom stereocenters. The molecule has 1 aromatic carbocycles. The molecule has 26 heavy (non-hydrogen) atoms. The molecular formula is C21H27Cl3SiTi. The Hall–Kier alpha value is 0.501. The van der Waals surface area contributed by atoms with Gasteiger partial charge in [0.05, 0.1) is 8.07 Å². The van der Waals surface area contributed by atoms with Gasteiger partial charge in [-0.3, -0.25) is 0 Å². The average Bonchev–Trinajstić information content (AvgIpc) is 2.91. The van der Waals surface area contributed by atoms with Crippen molar-refractivity contribution in [2.75, 3.05) is 0 Å². The summed E-state index contributed by atoms with van der Waals surface area (Å²) in [6.07, 6.45) is 16.6. The second kappa shape index (κ2) is 10.9. The van der Waals surface area contributed by atoms with E-state index < -0.39 is 8.07 Å². The van der Waals surface area contributed by atoms with Crippen molar-refractivity contribution >= 4 is 13.3 Å². The second-order valence-electron chi connectivity index (χ2n) is 7.95. The van der Waals surface area contributed by atoms with Gasteiger partial charge in [-0.1, -0.05) is 97.2 Å². The number of hydrogen-bond acceptors (Lipinski definition) is 0. The van der Waals surface area contributed by atoms with E-state index in [1.807, 2.05) is 0 Å². The number of halogens is 3. The van der Waals surface area contributed by atoms with Crippen molar-refractivity contribution in [3.05, 3.63) is 61.1 Å². The molecule has 3 aliphatic rings. The van der Waals surface area contributed by atoms with Gasteiger partial charge in [-0.15, -0.1) is 0 Å². The van der Waals surface area contributed by atoms with E-state index in [0.29, 0.717) is 0 Å². The minimum atomic E-state index is -1.48. The molecule has 3 aliphatic carbocycles. The van der Waals surface area contributed by atoms with E-state index >= 15 is 0 Å². The van der Waals surface area contributed by atoms with Crippen LogP contribution in [0.4, 0.5) is 0 Å². The van der Waals surface area contributed by atoms with Crippen LogP contribution >= 0.6 is 0 Å². The molecule has 140 valence electrons. The van der Waals surface area contributed by atoms with Gasteiger partial charge in [0.25, 0.3) is 0 Å². The number of fused-ring (bicyclic) bond motifs is 3. The second-order valence-corrected chi connectivity index (χ2v) is 12.6. The van der Waals surface area contributed by atoms with Crippen LogP contribution in [0, 0.1) is 30.1 Å². The summed E-state index contributed by atoms with van der Waals surface area (Å²) in [5.74, 6) is 3.32. The van der Waals surface area contributed by atoms with E-state index in [4.69, 9.17) is 0 Å². The van der Waals surface area contributed by atoms with Crippen molar-refractivity contribution in [1.29, 1.82) is 0 Å². The molecule has 0 aliphatic heterocycles. The monoisotopic (exact) mass is 460 g/mol. The van der Waals surface area contributed by atoms with Crippen LogP contribution in [-0.4, -0.2) is 8.07 Å². The van der Waals surface area contributed by atoms with E-state index in [9.17, 15) is 0 Å². The summed E-state index contributed by atoms with van der Waals surface area (Å²) in [6, 6.07) is 11.4. The van der Waals surface area contributed by atoms with Crippen LogP contribution < -0.4 is 42.4 Å². The van der Waals surface area contributed by atoms with Crippen molar-refractivity contribution in [3.8, 4) is 0 Å². The Labute approximate surface area is 193 Å². The Morgan fingerprint density at radius 3 is 2.19 bits per heavy atom. The summed E-state index contributed by atoms with van der Waals surface area (Å²) in [7, 11) is -1.48. The van der Waals surface area contributed by atoms with E-state index in [-0.39, 0.29) is 58.9 Å². The first-order chi connectivity index (χ1) is 10.7. The van der Waals surface area contributed by atoms with E-state index in [1.54, 1.807) is 5.19 Å². The minimum absolute atomic E-state index is 0. The molecule has 0 aromatic heterocycles. The third kappa shape index (κ3) is 4.56. The fourth-order valence-electron chi connectivity index (χ4n) is 5.60. The average molecular weight is 462 g/mol. The molecule has 0 spiro atoms. The zero-order chi connectivity index (χ0) is 15.2. The zero-order valence-electron chi connectivity index (χ0n) is 15.4. The maximum atomic E-state index is 2.70. The van der Waals surface area contributed by atoms with Crippen molar-refractivity contribution in [2.45, 2.75) is 37.9 Å². The van der Waals surface area contributed by atoms with Gasteiger partial charge in [0, 0.05) is 0 Å². The fourth-order valence-corrected chi connectivity index (χ4v) is 9.68. The summed E-state index contributed by atoms with van der Waals surface area (Å²) in [5.41, 5.74) is 0.867. The van der Waals surface area contributed by atoms with Crippen LogP contribution in [0.15, 0.2) is 54.6 Å². The van der Waals surface area contributed by atoms with Gasteiger partial charge in [-0.05, 0) is 11.8 Å². The summed E-state index contributed by atoms with van der Waals surface area (Å²) < 4.78 is 0. The Bertz CT molecular complexity index is 603. The smallest absolute Gasteiger partial charge is 1.00 e. The molecule has 0 saturated heterocycles. The van der Waals surface area contributed by atoms with Crippen molar-refractivity contribution < 1.29 is 58.9 Å². The largest absolute Gasteiger partial charge is 4.00 e. The predicted octanol–water partition coefficient (Wildman–Crippen LogP) is -4.03. The maximum Gasteiger partial charge on any atom is 4.00 e. The molecule has 0 radical (unpaired) electrons. The first-order valence-electron chi connectivity index (χ1n) is 8.93. The molecule has 4 rings (SSSR count). The van der Waals surface area contributed by atoms with E-state index in [2.05, 4.69) is 74.2 Å². The minimum Gasteiger partial charge on any atom is -1.00 e. The summed E-state index contributed by atoms with van der Waals surface area (Å²) in [6.45, 7) is 5.22. The van der Waals surface area contributed by atoms with Crippen molar-refractivity contribution in [1.82, 2.24) is 0 Å². The van der Waals surface area contributed by atoms with Gasteiger partial charge in [-0.25, -0.2) is 0 Å². The first-order valence-corrected chi connectivity index (χ1v) is 12.0. The summed E-state index contributed by atoms with van der Waals surface area (Å²) in [5, 5.41) is 1.64. The van der Waals surface area contributed by atoms with Gasteiger partial charge >= 0.3 is 21.7 Å². The maximum absolute atomic E-state index is 2.70. The Kier molecular flexibility index (Phi) is 11.1. The third-order valence-electron chi connectivity index (χ3n) is 6.57. The van der Waals surface area contributed by atoms with Crippen LogP contribution in [0.1, 0.15) is 19.3 Å². The summed E-state index contributed by atoms with van der Waals surface area (Å²) in [4.78, 5) is 0.